The van der Waals surface area contributed by atoms with Gasteiger partial charge >= 0.3 is 12.1 Å². The summed E-state index contributed by atoms with van der Waals surface area (Å²) >= 11 is 0. The Balaban J connectivity index is 1.80. The molecule has 2 saturated heterocycles. The third kappa shape index (κ3) is 3.44. The molecular weight excluding hydrogens is 392 g/mol. The van der Waals surface area contributed by atoms with E-state index in [9.17, 15) is 28.8 Å². The summed E-state index contributed by atoms with van der Waals surface area (Å²) in [5.74, 6) is -4.36. The van der Waals surface area contributed by atoms with Crippen molar-refractivity contribution in [2.24, 2.45) is 11.8 Å². The molecule has 0 saturated carbocycles. The number of carbonyl (C=O) groups is 6. The summed E-state index contributed by atoms with van der Waals surface area (Å²) in [6, 6.07) is 5.53. The zero-order chi connectivity index (χ0) is 22.3. The molecule has 0 radical (unpaired) electrons. The molecule has 158 valence electrons. The minimum absolute atomic E-state index is 0.0817. The minimum Gasteiger partial charge on any atom is -0.273 e. The summed E-state index contributed by atoms with van der Waals surface area (Å²) in [6.07, 6.45) is 0.163. The maximum Gasteiger partial charge on any atom is 0.332 e. The number of hydrogen-bond acceptors (Lipinski definition) is 6. The Hall–Kier alpha value is -3.56. The lowest BCUT2D eigenvalue weighted by Crippen LogP contribution is -2.57. The Morgan fingerprint density at radius 2 is 0.900 bits per heavy atom. The Labute approximate surface area is 173 Å². The molecule has 10 heteroatoms. The number of carbonyl (C=O) groups excluding carboxylic acids is 6. The largest absolute Gasteiger partial charge is 0.332 e. The van der Waals surface area contributed by atoms with Crippen molar-refractivity contribution >= 4 is 35.7 Å². The molecule has 0 aliphatic carbocycles. The molecule has 0 N–H and O–H groups in total. The monoisotopic (exact) mass is 414 g/mol. The number of nitrogens with zero attached hydrogens (tertiary/aromatic N) is 4. The lowest BCUT2D eigenvalue weighted by Gasteiger charge is -2.33. The first-order valence-corrected chi connectivity index (χ1v) is 9.30. The van der Waals surface area contributed by atoms with Crippen molar-refractivity contribution in [3.8, 4) is 0 Å². The van der Waals surface area contributed by atoms with E-state index in [1.54, 1.807) is 24.3 Å². The van der Waals surface area contributed by atoms with Crippen molar-refractivity contribution in [2.75, 3.05) is 28.2 Å². The number of imide groups is 4. The predicted octanol–water partition coefficient (Wildman–Crippen LogP) is 0.105. The minimum atomic E-state index is -1.03. The van der Waals surface area contributed by atoms with Crippen molar-refractivity contribution in [3.05, 3.63) is 35.4 Å². The van der Waals surface area contributed by atoms with Gasteiger partial charge in [-0.3, -0.25) is 38.8 Å². The Morgan fingerprint density at radius 3 is 1.20 bits per heavy atom. The van der Waals surface area contributed by atoms with Crippen LogP contribution in [-0.4, -0.2) is 83.5 Å². The van der Waals surface area contributed by atoms with Crippen LogP contribution < -0.4 is 0 Å². The van der Waals surface area contributed by atoms with Gasteiger partial charge in [-0.1, -0.05) is 24.3 Å². The third-order valence-corrected chi connectivity index (χ3v) is 5.53. The van der Waals surface area contributed by atoms with Crippen LogP contribution in [-0.2, 0) is 32.0 Å². The van der Waals surface area contributed by atoms with Gasteiger partial charge in [0, 0.05) is 28.2 Å². The molecule has 10 nitrogen and oxygen atoms in total. The fraction of sp³-hybridized carbons (Fsp3) is 0.400. The van der Waals surface area contributed by atoms with Gasteiger partial charge in [-0.05, 0) is 24.0 Å². The molecule has 8 amide bonds. The molecule has 2 fully saturated rings. The Morgan fingerprint density at radius 1 is 0.600 bits per heavy atom. The summed E-state index contributed by atoms with van der Waals surface area (Å²) in [5, 5.41) is 0. The van der Waals surface area contributed by atoms with E-state index in [2.05, 4.69) is 0 Å². The van der Waals surface area contributed by atoms with Crippen molar-refractivity contribution in [1.29, 1.82) is 0 Å². The summed E-state index contributed by atoms with van der Waals surface area (Å²) in [4.78, 5) is 77.1. The topological polar surface area (TPSA) is 115 Å². The van der Waals surface area contributed by atoms with Gasteiger partial charge in [0.2, 0.25) is 23.6 Å². The highest BCUT2D eigenvalue weighted by Crippen LogP contribution is 2.23. The third-order valence-electron chi connectivity index (χ3n) is 5.53. The molecule has 2 aliphatic rings. The van der Waals surface area contributed by atoms with Gasteiger partial charge in [0.15, 0.2) is 0 Å². The normalized spacial score (nSPS) is 19.5. The molecular formula is C20H22N4O6. The van der Waals surface area contributed by atoms with E-state index in [0.717, 1.165) is 19.6 Å². The van der Waals surface area contributed by atoms with E-state index in [1.165, 1.54) is 28.2 Å². The van der Waals surface area contributed by atoms with Crippen LogP contribution in [0.3, 0.4) is 0 Å². The number of hydrogen-bond donors (Lipinski definition) is 0. The molecule has 0 spiro atoms. The summed E-state index contributed by atoms with van der Waals surface area (Å²) in [6.45, 7) is 0. The number of benzene rings is 1. The van der Waals surface area contributed by atoms with Crippen molar-refractivity contribution in [2.45, 2.75) is 12.8 Å². The molecule has 1 aromatic rings. The van der Waals surface area contributed by atoms with E-state index in [-0.39, 0.29) is 12.8 Å². The van der Waals surface area contributed by atoms with Gasteiger partial charge in [-0.25, -0.2) is 9.59 Å². The lowest BCUT2D eigenvalue weighted by atomic mass is 9.91. The average Bonchev–Trinajstić information content (AvgIpc) is 2.74. The summed E-state index contributed by atoms with van der Waals surface area (Å²) in [7, 11) is 5.30. The number of rotatable bonds is 4. The number of amides is 8. The van der Waals surface area contributed by atoms with Gasteiger partial charge in [0.25, 0.3) is 0 Å². The van der Waals surface area contributed by atoms with Crippen LogP contribution in [0, 0.1) is 11.8 Å². The van der Waals surface area contributed by atoms with E-state index in [4.69, 9.17) is 0 Å². The molecule has 1 aromatic carbocycles. The second-order valence-corrected chi connectivity index (χ2v) is 7.49. The molecule has 30 heavy (non-hydrogen) atoms. The van der Waals surface area contributed by atoms with Gasteiger partial charge in [-0.2, -0.15) is 0 Å². The molecule has 0 atom stereocenters. The molecule has 0 unspecified atom stereocenters. The molecule has 2 aliphatic heterocycles. The number of urea groups is 2. The predicted molar refractivity (Wildman–Crippen MR) is 103 cm³/mol. The molecule has 0 bridgehead atoms. The fourth-order valence-corrected chi connectivity index (χ4v) is 3.68. The van der Waals surface area contributed by atoms with E-state index >= 15 is 0 Å². The molecule has 2 heterocycles. The van der Waals surface area contributed by atoms with Crippen molar-refractivity contribution in [3.63, 3.8) is 0 Å². The number of barbiturate groups is 2. The molecule has 0 aromatic heterocycles. The van der Waals surface area contributed by atoms with E-state index < -0.39 is 47.5 Å². The second-order valence-electron chi connectivity index (χ2n) is 7.49. The average molecular weight is 414 g/mol. The van der Waals surface area contributed by atoms with E-state index in [0.29, 0.717) is 11.1 Å². The van der Waals surface area contributed by atoms with Crippen LogP contribution in [0.1, 0.15) is 11.1 Å². The van der Waals surface area contributed by atoms with Crippen LogP contribution in [0.25, 0.3) is 0 Å². The van der Waals surface area contributed by atoms with Crippen LogP contribution in [0.2, 0.25) is 0 Å². The zero-order valence-corrected chi connectivity index (χ0v) is 17.1. The fourth-order valence-electron chi connectivity index (χ4n) is 3.68. The molecule has 3 rings (SSSR count). The van der Waals surface area contributed by atoms with Gasteiger partial charge in [-0.15, -0.1) is 0 Å². The van der Waals surface area contributed by atoms with Gasteiger partial charge < -0.3 is 0 Å². The van der Waals surface area contributed by atoms with Gasteiger partial charge in [0.1, 0.15) is 11.8 Å². The van der Waals surface area contributed by atoms with Crippen LogP contribution in [0.4, 0.5) is 9.59 Å². The van der Waals surface area contributed by atoms with Crippen LogP contribution >= 0.6 is 0 Å². The maximum absolute atomic E-state index is 12.4. The highest BCUT2D eigenvalue weighted by molar-refractivity contribution is 6.16. The lowest BCUT2D eigenvalue weighted by molar-refractivity contribution is -0.149. The first-order chi connectivity index (χ1) is 14.0. The quantitative estimate of drug-likeness (QED) is 0.646. The summed E-state index contributed by atoms with van der Waals surface area (Å²) < 4.78 is 0. The second kappa shape index (κ2) is 7.69. The van der Waals surface area contributed by atoms with Crippen molar-refractivity contribution < 1.29 is 28.8 Å². The standard InChI is InChI=1S/C20H22N4O6/c1-21-15(25)13(16(26)22(2)19(21)29)9-11-6-5-7-12(8-11)10-14-17(27)23(3)20(30)24(4)18(14)28/h5-8,13-14H,9-10H2,1-4H3. The zero-order valence-electron chi connectivity index (χ0n) is 17.1. The first-order valence-electron chi connectivity index (χ1n) is 9.30. The van der Waals surface area contributed by atoms with Crippen molar-refractivity contribution in [1.82, 2.24) is 19.6 Å². The van der Waals surface area contributed by atoms with Crippen LogP contribution in [0.15, 0.2) is 24.3 Å². The Bertz CT molecular complexity index is 853. The smallest absolute Gasteiger partial charge is 0.273 e. The van der Waals surface area contributed by atoms with Gasteiger partial charge in [0.05, 0.1) is 0 Å². The first kappa shape index (κ1) is 21.2. The highest BCUT2D eigenvalue weighted by Gasteiger charge is 2.43. The highest BCUT2D eigenvalue weighted by atomic mass is 16.2. The van der Waals surface area contributed by atoms with E-state index in [1.807, 2.05) is 0 Å². The summed E-state index contributed by atoms with van der Waals surface area (Å²) in [5.41, 5.74) is 1.31. The maximum atomic E-state index is 12.4. The SMILES string of the molecule is CN1C(=O)C(Cc2cccc(CC3C(=O)N(C)C(=O)N(C)C3=O)c2)C(=O)N(C)C1=O. The van der Waals surface area contributed by atoms with Crippen LogP contribution in [0.5, 0.6) is 0 Å². The Kier molecular flexibility index (Phi) is 5.43.